The highest BCUT2D eigenvalue weighted by atomic mass is 32.1. The molecule has 0 fully saturated rings. The number of primary amides is 1. The quantitative estimate of drug-likeness (QED) is 0.690. The van der Waals surface area contributed by atoms with E-state index in [0.717, 1.165) is 47.3 Å². The molecule has 0 atom stereocenters. The van der Waals surface area contributed by atoms with Crippen molar-refractivity contribution in [3.05, 3.63) is 57.1 Å². The zero-order chi connectivity index (χ0) is 19.8. The van der Waals surface area contributed by atoms with Crippen molar-refractivity contribution in [1.29, 1.82) is 0 Å². The maximum absolute atomic E-state index is 12.7. The monoisotopic (exact) mass is 395 g/mol. The third kappa shape index (κ3) is 3.33. The van der Waals surface area contributed by atoms with Gasteiger partial charge in [-0.15, -0.1) is 11.3 Å². The fourth-order valence-electron chi connectivity index (χ4n) is 3.49. The van der Waals surface area contributed by atoms with E-state index in [1.807, 2.05) is 32.0 Å². The Hall–Kier alpha value is -2.93. The second kappa shape index (κ2) is 7.24. The summed E-state index contributed by atoms with van der Waals surface area (Å²) in [6.07, 6.45) is 3.85. The lowest BCUT2D eigenvalue weighted by molar-refractivity contribution is 0.100. The topological polar surface area (TPSA) is 98.2 Å². The maximum atomic E-state index is 12.7. The maximum Gasteiger partial charge on any atom is 0.278 e. The highest BCUT2D eigenvalue weighted by Gasteiger charge is 2.26. The van der Waals surface area contributed by atoms with Gasteiger partial charge in [0.25, 0.3) is 11.8 Å². The van der Waals surface area contributed by atoms with Crippen LogP contribution in [0.3, 0.4) is 0 Å². The Bertz CT molecular complexity index is 1080. The molecule has 7 heteroatoms. The molecule has 28 heavy (non-hydrogen) atoms. The van der Waals surface area contributed by atoms with Gasteiger partial charge in [-0.2, -0.15) is 0 Å². The van der Waals surface area contributed by atoms with E-state index in [0.29, 0.717) is 16.3 Å². The van der Waals surface area contributed by atoms with E-state index in [-0.39, 0.29) is 5.69 Å². The van der Waals surface area contributed by atoms with Gasteiger partial charge in [0, 0.05) is 16.5 Å². The molecule has 0 saturated carbocycles. The van der Waals surface area contributed by atoms with Crippen LogP contribution in [0.15, 0.2) is 28.8 Å². The number of nitrogens with two attached hydrogens (primary N) is 1. The smallest absolute Gasteiger partial charge is 0.278 e. The van der Waals surface area contributed by atoms with Crippen LogP contribution in [-0.2, 0) is 12.8 Å². The molecule has 1 aromatic carbocycles. The second-order valence-corrected chi connectivity index (χ2v) is 8.21. The minimum atomic E-state index is -0.509. The van der Waals surface area contributed by atoms with Gasteiger partial charge in [-0.3, -0.25) is 9.59 Å². The standard InChI is InChI=1S/C21H21N3O3S/c1-11-7-8-13(9-12(11)2)16-10-15(24-27-16)20(26)23-21-18(19(22)25)14-5-3-4-6-17(14)28-21/h7-10H,3-6H2,1-2H3,(H2,22,25)(H,23,26). The van der Waals surface area contributed by atoms with Crippen LogP contribution in [0.5, 0.6) is 0 Å². The molecular formula is C21H21N3O3S. The van der Waals surface area contributed by atoms with Crippen LogP contribution < -0.4 is 11.1 Å². The zero-order valence-corrected chi connectivity index (χ0v) is 16.6. The molecule has 2 amide bonds. The summed E-state index contributed by atoms with van der Waals surface area (Å²) >= 11 is 1.43. The number of carbonyl (C=O) groups is 2. The summed E-state index contributed by atoms with van der Waals surface area (Å²) in [5.41, 5.74) is 10.3. The predicted octanol–water partition coefficient (Wildman–Crippen LogP) is 4.25. The Morgan fingerprint density at radius 2 is 1.93 bits per heavy atom. The van der Waals surface area contributed by atoms with E-state index in [1.54, 1.807) is 6.07 Å². The van der Waals surface area contributed by atoms with Crippen molar-refractivity contribution in [1.82, 2.24) is 5.16 Å². The Morgan fingerprint density at radius 1 is 1.14 bits per heavy atom. The summed E-state index contributed by atoms with van der Waals surface area (Å²) in [5.74, 6) is -0.403. The molecule has 0 spiro atoms. The number of thiophene rings is 1. The van der Waals surface area contributed by atoms with E-state index in [9.17, 15) is 9.59 Å². The molecule has 3 N–H and O–H groups in total. The van der Waals surface area contributed by atoms with Gasteiger partial charge >= 0.3 is 0 Å². The summed E-state index contributed by atoms with van der Waals surface area (Å²) < 4.78 is 5.36. The average Bonchev–Trinajstić information content (AvgIpc) is 3.28. The number of hydrogen-bond donors (Lipinski definition) is 2. The highest BCUT2D eigenvalue weighted by Crippen LogP contribution is 2.38. The third-order valence-electron chi connectivity index (χ3n) is 5.18. The van der Waals surface area contributed by atoms with Crippen LogP contribution in [0.2, 0.25) is 0 Å². The van der Waals surface area contributed by atoms with Crippen molar-refractivity contribution in [3.8, 4) is 11.3 Å². The van der Waals surface area contributed by atoms with Crippen molar-refractivity contribution in [2.45, 2.75) is 39.5 Å². The zero-order valence-electron chi connectivity index (χ0n) is 15.8. The number of aromatic nitrogens is 1. The normalized spacial score (nSPS) is 13.2. The first kappa shape index (κ1) is 18.4. The van der Waals surface area contributed by atoms with Gasteiger partial charge in [-0.05, 0) is 62.3 Å². The second-order valence-electron chi connectivity index (χ2n) is 7.11. The van der Waals surface area contributed by atoms with Gasteiger partial charge in [0.15, 0.2) is 11.5 Å². The number of benzene rings is 1. The molecule has 4 rings (SSSR count). The Balaban J connectivity index is 1.60. The van der Waals surface area contributed by atoms with E-state index >= 15 is 0 Å². The molecule has 1 aliphatic rings. The number of rotatable bonds is 4. The van der Waals surface area contributed by atoms with Gasteiger partial charge in [0.1, 0.15) is 5.00 Å². The average molecular weight is 395 g/mol. The summed E-state index contributed by atoms with van der Waals surface area (Å²) in [4.78, 5) is 25.8. The van der Waals surface area contributed by atoms with Crippen molar-refractivity contribution in [2.75, 3.05) is 5.32 Å². The first-order valence-electron chi connectivity index (χ1n) is 9.24. The largest absolute Gasteiger partial charge is 0.365 e. The summed E-state index contributed by atoms with van der Waals surface area (Å²) in [5, 5.41) is 7.21. The fourth-order valence-corrected chi connectivity index (χ4v) is 4.78. The first-order chi connectivity index (χ1) is 13.4. The molecule has 2 aromatic heterocycles. The minimum absolute atomic E-state index is 0.162. The Morgan fingerprint density at radius 3 is 2.68 bits per heavy atom. The fraction of sp³-hybridized carbons (Fsp3) is 0.286. The number of nitrogens with zero attached hydrogens (tertiary/aromatic N) is 1. The molecule has 0 saturated heterocycles. The molecule has 6 nitrogen and oxygen atoms in total. The van der Waals surface area contributed by atoms with Crippen molar-refractivity contribution >= 4 is 28.2 Å². The van der Waals surface area contributed by atoms with E-state index in [1.165, 1.54) is 16.9 Å². The molecule has 0 unspecified atom stereocenters. The molecule has 0 radical (unpaired) electrons. The minimum Gasteiger partial charge on any atom is -0.365 e. The molecule has 2 heterocycles. The van der Waals surface area contributed by atoms with Crippen LogP contribution >= 0.6 is 11.3 Å². The van der Waals surface area contributed by atoms with Gasteiger partial charge < -0.3 is 15.6 Å². The Labute approximate surface area is 166 Å². The number of amides is 2. The lowest BCUT2D eigenvalue weighted by Crippen LogP contribution is -2.18. The van der Waals surface area contributed by atoms with Crippen LogP contribution in [-0.4, -0.2) is 17.0 Å². The Kier molecular flexibility index (Phi) is 4.77. The first-order valence-corrected chi connectivity index (χ1v) is 10.1. The number of fused-ring (bicyclic) bond motifs is 1. The number of carbonyl (C=O) groups excluding carboxylic acids is 2. The SMILES string of the molecule is Cc1ccc(-c2cc(C(=O)Nc3sc4c(c3C(N)=O)CCCC4)no2)cc1C. The molecule has 3 aromatic rings. The van der Waals surface area contributed by atoms with Gasteiger partial charge in [-0.25, -0.2) is 0 Å². The molecule has 1 aliphatic carbocycles. The van der Waals surface area contributed by atoms with Crippen LogP contribution in [0.1, 0.15) is 55.3 Å². The third-order valence-corrected chi connectivity index (χ3v) is 6.39. The van der Waals surface area contributed by atoms with Gasteiger partial charge in [-0.1, -0.05) is 17.3 Å². The predicted molar refractivity (Wildman–Crippen MR) is 109 cm³/mol. The van der Waals surface area contributed by atoms with E-state index < -0.39 is 11.8 Å². The lowest BCUT2D eigenvalue weighted by Gasteiger charge is -2.11. The summed E-state index contributed by atoms with van der Waals surface area (Å²) in [7, 11) is 0. The summed E-state index contributed by atoms with van der Waals surface area (Å²) in [6, 6.07) is 7.54. The van der Waals surface area contributed by atoms with Gasteiger partial charge in [0.05, 0.1) is 5.56 Å². The van der Waals surface area contributed by atoms with Gasteiger partial charge in [0.2, 0.25) is 0 Å². The molecule has 0 aliphatic heterocycles. The van der Waals surface area contributed by atoms with Crippen LogP contribution in [0, 0.1) is 13.8 Å². The highest BCUT2D eigenvalue weighted by molar-refractivity contribution is 7.17. The number of aryl methyl sites for hydroxylation is 3. The molecular weight excluding hydrogens is 374 g/mol. The van der Waals surface area contributed by atoms with Crippen molar-refractivity contribution in [3.63, 3.8) is 0 Å². The number of anilines is 1. The van der Waals surface area contributed by atoms with E-state index in [4.69, 9.17) is 10.3 Å². The van der Waals surface area contributed by atoms with Crippen molar-refractivity contribution in [2.24, 2.45) is 5.73 Å². The number of nitrogens with one attached hydrogen (secondary N) is 1. The molecule has 0 bridgehead atoms. The molecule has 144 valence electrons. The van der Waals surface area contributed by atoms with Crippen LogP contribution in [0.4, 0.5) is 5.00 Å². The summed E-state index contributed by atoms with van der Waals surface area (Å²) in [6.45, 7) is 4.06. The van der Waals surface area contributed by atoms with Crippen molar-refractivity contribution < 1.29 is 14.1 Å². The van der Waals surface area contributed by atoms with E-state index in [2.05, 4.69) is 10.5 Å². The lowest BCUT2D eigenvalue weighted by atomic mass is 9.95. The number of hydrogen-bond acceptors (Lipinski definition) is 5. The van der Waals surface area contributed by atoms with Crippen LogP contribution in [0.25, 0.3) is 11.3 Å².